The average Bonchev–Trinajstić information content (AvgIpc) is 3.32. The molecule has 0 fully saturated rings. The number of nitrogens with zero attached hydrogens (tertiary/aromatic N) is 4. The van der Waals surface area contributed by atoms with Crippen molar-refractivity contribution in [2.45, 2.75) is 33.0 Å². The van der Waals surface area contributed by atoms with E-state index in [4.69, 9.17) is 10.5 Å². The second-order valence-corrected chi connectivity index (χ2v) is 8.93. The van der Waals surface area contributed by atoms with Crippen LogP contribution < -0.4 is 11.1 Å². The Morgan fingerprint density at radius 3 is 2.76 bits per heavy atom. The third-order valence-electron chi connectivity index (χ3n) is 6.42. The van der Waals surface area contributed by atoms with Crippen LogP contribution in [0.3, 0.4) is 0 Å². The molecule has 0 spiro atoms. The van der Waals surface area contributed by atoms with Gasteiger partial charge in [-0.05, 0) is 53.5 Å². The third-order valence-corrected chi connectivity index (χ3v) is 6.42. The summed E-state index contributed by atoms with van der Waals surface area (Å²) in [6, 6.07) is 14.2. The first kappa shape index (κ1) is 26.3. The zero-order chi connectivity index (χ0) is 27.2. The van der Waals surface area contributed by atoms with E-state index in [2.05, 4.69) is 27.9 Å². The van der Waals surface area contributed by atoms with E-state index in [1.165, 1.54) is 6.08 Å². The van der Waals surface area contributed by atoms with E-state index >= 15 is 0 Å². The summed E-state index contributed by atoms with van der Waals surface area (Å²) in [7, 11) is 0. The van der Waals surface area contributed by atoms with Crippen LogP contribution in [-0.4, -0.2) is 32.5 Å². The lowest BCUT2D eigenvalue weighted by Crippen LogP contribution is -2.38. The second kappa shape index (κ2) is 11.5. The molecule has 2 atom stereocenters. The predicted octanol–water partition coefficient (Wildman–Crippen LogP) is 4.64. The molecular weight excluding hydrogens is 480 g/mol. The molecule has 38 heavy (non-hydrogen) atoms. The summed E-state index contributed by atoms with van der Waals surface area (Å²) in [6.07, 6.45) is 7.10. The van der Waals surface area contributed by atoms with Gasteiger partial charge in [-0.3, -0.25) is 14.2 Å². The number of aromatic nitrogens is 3. The number of ether oxygens (including phenoxy) is 1. The number of hydrogen-bond donors (Lipinski definition) is 2. The molecule has 3 heterocycles. The van der Waals surface area contributed by atoms with Gasteiger partial charge in [-0.15, -0.1) is 0 Å². The molecule has 0 aliphatic rings. The number of nitrogens with two attached hydrogens (primary N) is 1. The molecule has 1 aromatic carbocycles. The molecule has 4 rings (SSSR count). The van der Waals surface area contributed by atoms with Crippen LogP contribution in [0.5, 0.6) is 0 Å². The smallest absolute Gasteiger partial charge is 0.324 e. The number of nitriles is 1. The minimum absolute atomic E-state index is 0.00611. The molecule has 9 heteroatoms. The van der Waals surface area contributed by atoms with Gasteiger partial charge in [0.1, 0.15) is 23.5 Å². The number of carbonyl (C=O) groups excluding carboxylic acids is 2. The Hall–Kier alpha value is -4.81. The molecule has 0 radical (unpaired) electrons. The summed E-state index contributed by atoms with van der Waals surface area (Å²) in [6.45, 7) is 7.30. The summed E-state index contributed by atoms with van der Waals surface area (Å²) in [5, 5.41) is 12.9. The monoisotopic (exact) mass is 508 g/mol. The van der Waals surface area contributed by atoms with Crippen molar-refractivity contribution in [3.05, 3.63) is 79.4 Å². The van der Waals surface area contributed by atoms with E-state index < -0.39 is 12.0 Å². The van der Waals surface area contributed by atoms with Crippen molar-refractivity contribution < 1.29 is 14.3 Å². The molecule has 3 aromatic heterocycles. The fourth-order valence-corrected chi connectivity index (χ4v) is 4.00. The van der Waals surface area contributed by atoms with Crippen LogP contribution in [0, 0.1) is 17.2 Å². The minimum Gasteiger partial charge on any atom is -0.443 e. The Labute approximate surface area is 220 Å². The largest absolute Gasteiger partial charge is 0.443 e. The predicted molar refractivity (Wildman–Crippen MR) is 145 cm³/mol. The highest BCUT2D eigenvalue weighted by molar-refractivity contribution is 6.00. The summed E-state index contributed by atoms with van der Waals surface area (Å²) in [5.41, 5.74) is 10.8. The summed E-state index contributed by atoms with van der Waals surface area (Å²) in [5.74, 6) is -0.787. The normalized spacial score (nSPS) is 12.4. The molecule has 0 aliphatic carbocycles. The Morgan fingerprint density at radius 2 is 2.03 bits per heavy atom. The van der Waals surface area contributed by atoms with Crippen molar-refractivity contribution in [2.75, 3.05) is 5.32 Å². The van der Waals surface area contributed by atoms with Crippen LogP contribution in [0.25, 0.3) is 33.3 Å². The number of nitrogens with one attached hydrogen (secondary N) is 1. The number of amides is 1. The maximum absolute atomic E-state index is 12.5. The van der Waals surface area contributed by atoms with Crippen LogP contribution in [-0.2, 0) is 21.1 Å². The van der Waals surface area contributed by atoms with Gasteiger partial charge >= 0.3 is 5.97 Å². The van der Waals surface area contributed by atoms with Gasteiger partial charge in [0.2, 0.25) is 5.91 Å². The first-order chi connectivity index (χ1) is 18.3. The van der Waals surface area contributed by atoms with Gasteiger partial charge < -0.3 is 15.8 Å². The molecule has 0 saturated carbocycles. The number of benzene rings is 1. The van der Waals surface area contributed by atoms with Crippen LogP contribution >= 0.6 is 0 Å². The molecule has 9 nitrogen and oxygen atoms in total. The van der Waals surface area contributed by atoms with E-state index in [-0.39, 0.29) is 24.2 Å². The standard InChI is InChI=1S/C29H28N6O3/c1-4-18(3)27(31)29(37)38-17-35-16-25(20-9-10-32-23(12-20)14-30)24-13-21(15-33-28(24)35)19-7-6-8-22(11-19)34-26(36)5-2/h5-13,15-16,18,27H,2,4,17,31H2,1,3H3,(H,34,36). The molecule has 3 N–H and O–H groups in total. The molecule has 192 valence electrons. The molecule has 0 bridgehead atoms. The van der Waals surface area contributed by atoms with Crippen molar-refractivity contribution >= 4 is 28.6 Å². The highest BCUT2D eigenvalue weighted by Gasteiger charge is 2.22. The van der Waals surface area contributed by atoms with Gasteiger partial charge in [-0.1, -0.05) is 39.0 Å². The SMILES string of the molecule is C=CC(=O)Nc1cccc(-c2cnc3c(c2)c(-c2ccnc(C#N)c2)cn3COC(=O)C(N)C(C)CC)c1. The highest BCUT2D eigenvalue weighted by atomic mass is 16.5. The number of anilines is 1. The van der Waals surface area contributed by atoms with E-state index in [1.807, 2.05) is 50.4 Å². The van der Waals surface area contributed by atoms with Crippen molar-refractivity contribution in [2.24, 2.45) is 11.7 Å². The second-order valence-electron chi connectivity index (χ2n) is 8.93. The summed E-state index contributed by atoms with van der Waals surface area (Å²) >= 11 is 0. The lowest BCUT2D eigenvalue weighted by molar-refractivity contribution is -0.150. The van der Waals surface area contributed by atoms with Gasteiger partial charge in [-0.2, -0.15) is 5.26 Å². The molecule has 2 unspecified atom stereocenters. The lowest BCUT2D eigenvalue weighted by Gasteiger charge is -2.17. The van der Waals surface area contributed by atoms with Crippen LogP contribution in [0.2, 0.25) is 0 Å². The number of fused-ring (bicyclic) bond motifs is 1. The topological polar surface area (TPSA) is 136 Å². The van der Waals surface area contributed by atoms with E-state index in [0.29, 0.717) is 11.3 Å². The number of rotatable bonds is 9. The molecular formula is C29H28N6O3. The van der Waals surface area contributed by atoms with Gasteiger partial charge in [0, 0.05) is 40.8 Å². The van der Waals surface area contributed by atoms with E-state index in [9.17, 15) is 14.9 Å². The zero-order valence-electron chi connectivity index (χ0n) is 21.2. The minimum atomic E-state index is -0.715. The van der Waals surface area contributed by atoms with Crippen molar-refractivity contribution in [1.82, 2.24) is 14.5 Å². The van der Waals surface area contributed by atoms with E-state index in [1.54, 1.807) is 29.1 Å². The van der Waals surface area contributed by atoms with Crippen LogP contribution in [0.4, 0.5) is 5.69 Å². The average molecular weight is 509 g/mol. The molecule has 1 amide bonds. The van der Waals surface area contributed by atoms with Gasteiger partial charge in [-0.25, -0.2) is 9.97 Å². The van der Waals surface area contributed by atoms with Gasteiger partial charge in [0.15, 0.2) is 6.73 Å². The number of pyridine rings is 2. The first-order valence-electron chi connectivity index (χ1n) is 12.2. The maximum atomic E-state index is 12.5. The molecule has 0 saturated heterocycles. The van der Waals surface area contributed by atoms with Crippen LogP contribution in [0.15, 0.2) is 73.7 Å². The maximum Gasteiger partial charge on any atom is 0.324 e. The number of hydrogen-bond acceptors (Lipinski definition) is 7. The Balaban J connectivity index is 1.76. The number of carbonyl (C=O) groups is 2. The lowest BCUT2D eigenvalue weighted by atomic mass is 10.0. The Bertz CT molecular complexity index is 1550. The van der Waals surface area contributed by atoms with Crippen molar-refractivity contribution in [3.63, 3.8) is 0 Å². The van der Waals surface area contributed by atoms with Crippen molar-refractivity contribution in [1.29, 1.82) is 5.26 Å². The van der Waals surface area contributed by atoms with Crippen molar-refractivity contribution in [3.8, 4) is 28.3 Å². The molecule has 4 aromatic rings. The first-order valence-corrected chi connectivity index (χ1v) is 12.2. The fraction of sp³-hybridized carbons (Fsp3) is 0.207. The Morgan fingerprint density at radius 1 is 1.21 bits per heavy atom. The summed E-state index contributed by atoms with van der Waals surface area (Å²) < 4.78 is 7.28. The quantitative estimate of drug-likeness (QED) is 0.248. The van der Waals surface area contributed by atoms with Gasteiger partial charge in [0.25, 0.3) is 0 Å². The third kappa shape index (κ3) is 5.61. The van der Waals surface area contributed by atoms with Gasteiger partial charge in [0.05, 0.1) is 0 Å². The summed E-state index contributed by atoms with van der Waals surface area (Å²) in [4.78, 5) is 33.0. The fourth-order valence-electron chi connectivity index (χ4n) is 4.00. The Kier molecular flexibility index (Phi) is 7.94. The number of esters is 1. The van der Waals surface area contributed by atoms with Crippen LogP contribution in [0.1, 0.15) is 26.0 Å². The molecule has 0 aliphatic heterocycles. The highest BCUT2D eigenvalue weighted by Crippen LogP contribution is 2.33. The van der Waals surface area contributed by atoms with E-state index in [0.717, 1.165) is 34.1 Å². The zero-order valence-corrected chi connectivity index (χ0v) is 21.2.